The molecule has 0 saturated carbocycles. The molecular weight excluding hydrogens is 377 g/mol. The fraction of sp³-hybridized carbons (Fsp3) is 0.353. The third-order valence-corrected chi connectivity index (χ3v) is 4.75. The Morgan fingerprint density at radius 1 is 1.27 bits per heavy atom. The van der Waals surface area contributed by atoms with Gasteiger partial charge >= 0.3 is 0 Å². The van der Waals surface area contributed by atoms with Crippen LogP contribution in [0, 0.1) is 0 Å². The van der Waals surface area contributed by atoms with Gasteiger partial charge in [0, 0.05) is 6.61 Å². The number of anilines is 2. The number of methoxy groups -OCH3 is 1. The fourth-order valence-corrected chi connectivity index (χ4v) is 3.49. The van der Waals surface area contributed by atoms with Gasteiger partial charge in [0.15, 0.2) is 22.7 Å². The van der Waals surface area contributed by atoms with Crippen molar-refractivity contribution >= 4 is 45.9 Å². The maximum atomic E-state index is 6.19. The molecule has 0 aliphatic carbocycles. The zero-order valence-electron chi connectivity index (χ0n) is 14.1. The molecule has 0 bridgehead atoms. The second-order valence-electron chi connectivity index (χ2n) is 5.93. The largest absolute Gasteiger partial charge is 0.493 e. The van der Waals surface area contributed by atoms with Crippen LogP contribution in [0.1, 0.15) is 25.5 Å². The first-order chi connectivity index (χ1) is 12.7. The highest BCUT2D eigenvalue weighted by Gasteiger charge is 2.21. The lowest BCUT2D eigenvalue weighted by Crippen LogP contribution is -2.17. The van der Waals surface area contributed by atoms with E-state index in [2.05, 4.69) is 20.3 Å². The van der Waals surface area contributed by atoms with E-state index in [1.54, 1.807) is 19.5 Å². The van der Waals surface area contributed by atoms with Crippen molar-refractivity contribution in [2.24, 2.45) is 0 Å². The van der Waals surface area contributed by atoms with Crippen molar-refractivity contribution in [1.82, 2.24) is 19.5 Å². The summed E-state index contributed by atoms with van der Waals surface area (Å²) in [5.74, 6) is 1.00. The number of benzene rings is 1. The van der Waals surface area contributed by atoms with Crippen LogP contribution in [0.5, 0.6) is 5.75 Å². The van der Waals surface area contributed by atoms with E-state index < -0.39 is 0 Å². The van der Waals surface area contributed by atoms with Gasteiger partial charge in [0.2, 0.25) is 5.28 Å². The van der Waals surface area contributed by atoms with Crippen LogP contribution < -0.4 is 10.1 Å². The lowest BCUT2D eigenvalue weighted by atomic mass is 10.2. The molecule has 1 unspecified atom stereocenters. The lowest BCUT2D eigenvalue weighted by molar-refractivity contribution is -0.0298. The number of imidazole rings is 1. The summed E-state index contributed by atoms with van der Waals surface area (Å²) >= 11 is 12.4. The molecule has 2 aromatic heterocycles. The molecule has 3 heterocycles. The molecule has 1 aliphatic heterocycles. The average molecular weight is 394 g/mol. The van der Waals surface area contributed by atoms with Crippen LogP contribution in [0.4, 0.5) is 11.5 Å². The SMILES string of the molecule is COc1c(Cl)cccc1Nc1nc(Cl)nc2c1ncn2C1CCCCO1. The minimum atomic E-state index is -0.0896. The second-order valence-corrected chi connectivity index (χ2v) is 6.68. The highest BCUT2D eigenvalue weighted by molar-refractivity contribution is 6.32. The van der Waals surface area contributed by atoms with Crippen LogP contribution >= 0.6 is 23.2 Å². The third-order valence-electron chi connectivity index (χ3n) is 4.28. The number of fused-ring (bicyclic) bond motifs is 1. The number of nitrogens with one attached hydrogen (secondary N) is 1. The third kappa shape index (κ3) is 3.18. The average Bonchev–Trinajstić information content (AvgIpc) is 3.06. The van der Waals surface area contributed by atoms with Gasteiger partial charge in [-0.1, -0.05) is 17.7 Å². The van der Waals surface area contributed by atoms with E-state index in [1.807, 2.05) is 16.7 Å². The summed E-state index contributed by atoms with van der Waals surface area (Å²) in [6.45, 7) is 0.730. The Labute approximate surface area is 160 Å². The highest BCUT2D eigenvalue weighted by atomic mass is 35.5. The monoisotopic (exact) mass is 393 g/mol. The van der Waals surface area contributed by atoms with Crippen LogP contribution in [0.3, 0.4) is 0 Å². The van der Waals surface area contributed by atoms with E-state index in [1.165, 1.54) is 0 Å². The van der Waals surface area contributed by atoms with Gasteiger partial charge in [0.25, 0.3) is 0 Å². The first-order valence-electron chi connectivity index (χ1n) is 8.28. The van der Waals surface area contributed by atoms with Crippen molar-refractivity contribution < 1.29 is 9.47 Å². The van der Waals surface area contributed by atoms with Crippen LogP contribution in [0.25, 0.3) is 11.2 Å². The Morgan fingerprint density at radius 3 is 2.92 bits per heavy atom. The van der Waals surface area contributed by atoms with Gasteiger partial charge in [-0.2, -0.15) is 9.97 Å². The van der Waals surface area contributed by atoms with Crippen LogP contribution in [-0.4, -0.2) is 33.2 Å². The summed E-state index contributed by atoms with van der Waals surface area (Å²) in [5, 5.41) is 3.82. The molecule has 136 valence electrons. The van der Waals surface area contributed by atoms with Crippen molar-refractivity contribution in [1.29, 1.82) is 0 Å². The topological polar surface area (TPSA) is 74.1 Å². The van der Waals surface area contributed by atoms with Gasteiger partial charge in [0.1, 0.15) is 6.23 Å². The zero-order chi connectivity index (χ0) is 18.1. The first-order valence-corrected chi connectivity index (χ1v) is 9.04. The van der Waals surface area contributed by atoms with Gasteiger partial charge in [0.05, 0.1) is 24.1 Å². The van der Waals surface area contributed by atoms with E-state index in [0.717, 1.165) is 25.9 Å². The normalized spacial score (nSPS) is 17.4. The molecule has 26 heavy (non-hydrogen) atoms. The van der Waals surface area contributed by atoms with Crippen LogP contribution in [-0.2, 0) is 4.74 Å². The number of halogens is 2. The second kappa shape index (κ2) is 7.26. The molecule has 4 rings (SSSR count). The number of hydrogen-bond acceptors (Lipinski definition) is 6. The van der Waals surface area contributed by atoms with Crippen LogP contribution in [0.15, 0.2) is 24.5 Å². The van der Waals surface area contributed by atoms with Crippen LogP contribution in [0.2, 0.25) is 10.3 Å². The molecule has 9 heteroatoms. The molecule has 1 atom stereocenters. The van der Waals surface area contributed by atoms with Crippen molar-refractivity contribution in [3.8, 4) is 5.75 Å². The van der Waals surface area contributed by atoms with Gasteiger partial charge < -0.3 is 14.8 Å². The number of nitrogens with zero attached hydrogens (tertiary/aromatic N) is 4. The summed E-state index contributed by atoms with van der Waals surface area (Å²) in [7, 11) is 1.56. The van der Waals surface area contributed by atoms with E-state index in [0.29, 0.717) is 33.4 Å². The van der Waals surface area contributed by atoms with E-state index in [-0.39, 0.29) is 11.5 Å². The van der Waals surface area contributed by atoms with E-state index in [4.69, 9.17) is 32.7 Å². The Balaban J connectivity index is 1.76. The fourth-order valence-electron chi connectivity index (χ4n) is 3.07. The van der Waals surface area contributed by atoms with Crippen molar-refractivity contribution in [2.45, 2.75) is 25.5 Å². The Morgan fingerprint density at radius 2 is 2.15 bits per heavy atom. The summed E-state index contributed by atoms with van der Waals surface area (Å²) in [5.41, 5.74) is 1.89. The standard InChI is InChI=1S/C17H17Cl2N5O2/c1-25-14-10(18)5-4-6-11(14)21-15-13-16(23-17(19)22-15)24(9-20-13)12-7-2-3-8-26-12/h4-6,9,12H,2-3,7-8H2,1H3,(H,21,22,23). The molecule has 1 fully saturated rings. The molecule has 1 saturated heterocycles. The molecule has 1 N–H and O–H groups in total. The van der Waals surface area contributed by atoms with Gasteiger partial charge in [-0.3, -0.25) is 4.57 Å². The number of ether oxygens (including phenoxy) is 2. The molecule has 1 aliphatic rings. The predicted molar refractivity (Wildman–Crippen MR) is 100 cm³/mol. The van der Waals surface area contributed by atoms with E-state index in [9.17, 15) is 0 Å². The van der Waals surface area contributed by atoms with Crippen molar-refractivity contribution in [3.63, 3.8) is 0 Å². The summed E-state index contributed by atoms with van der Waals surface area (Å²) in [6, 6.07) is 5.42. The molecule has 7 nitrogen and oxygen atoms in total. The quantitative estimate of drug-likeness (QED) is 0.653. The summed E-state index contributed by atoms with van der Waals surface area (Å²) in [4.78, 5) is 13.1. The number of hydrogen-bond donors (Lipinski definition) is 1. The Hall–Kier alpha value is -2.09. The molecular formula is C17H17Cl2N5O2. The number of para-hydroxylation sites is 1. The van der Waals surface area contributed by atoms with Gasteiger partial charge in [-0.15, -0.1) is 0 Å². The summed E-state index contributed by atoms with van der Waals surface area (Å²) < 4.78 is 13.1. The molecule has 3 aromatic rings. The minimum absolute atomic E-state index is 0.0896. The molecule has 0 amide bonds. The number of rotatable bonds is 4. The maximum absolute atomic E-state index is 6.19. The molecule has 0 radical (unpaired) electrons. The van der Waals surface area contributed by atoms with Gasteiger partial charge in [-0.25, -0.2) is 4.98 Å². The first kappa shape index (κ1) is 17.3. The van der Waals surface area contributed by atoms with Crippen molar-refractivity contribution in [3.05, 3.63) is 34.8 Å². The van der Waals surface area contributed by atoms with Crippen molar-refractivity contribution in [2.75, 3.05) is 19.0 Å². The molecule has 1 aromatic carbocycles. The minimum Gasteiger partial charge on any atom is -0.493 e. The Kier molecular flexibility index (Phi) is 4.84. The lowest BCUT2D eigenvalue weighted by Gasteiger charge is -2.23. The smallest absolute Gasteiger partial charge is 0.226 e. The molecule has 0 spiro atoms. The van der Waals surface area contributed by atoms with E-state index >= 15 is 0 Å². The Bertz CT molecular complexity index is 940. The zero-order valence-corrected chi connectivity index (χ0v) is 15.6. The maximum Gasteiger partial charge on any atom is 0.226 e. The highest BCUT2D eigenvalue weighted by Crippen LogP contribution is 2.36. The van der Waals surface area contributed by atoms with Gasteiger partial charge in [-0.05, 0) is 43.0 Å². The summed E-state index contributed by atoms with van der Waals surface area (Å²) in [6.07, 6.45) is 4.71. The number of aromatic nitrogens is 4. The predicted octanol–water partition coefficient (Wildman–Crippen LogP) is 4.58.